The van der Waals surface area contributed by atoms with Crippen molar-refractivity contribution in [1.29, 1.82) is 0 Å². The minimum atomic E-state index is -4.26. The Morgan fingerprint density at radius 2 is 2.21 bits per heavy atom. The van der Waals surface area contributed by atoms with Crippen molar-refractivity contribution in [2.45, 2.75) is 38.5 Å². The zero-order chi connectivity index (χ0) is 14.3. The van der Waals surface area contributed by atoms with Gasteiger partial charge in [-0.2, -0.15) is 18.3 Å². The molecule has 1 heterocycles. The summed E-state index contributed by atoms with van der Waals surface area (Å²) in [6, 6.07) is -0.0427. The molecule has 1 aromatic rings. The van der Waals surface area contributed by atoms with Gasteiger partial charge in [-0.1, -0.05) is 6.92 Å². The smallest absolute Gasteiger partial charge is 0.372 e. The normalized spacial score (nSPS) is 13.7. The van der Waals surface area contributed by atoms with Crippen molar-refractivity contribution >= 4 is 0 Å². The second-order valence-electron chi connectivity index (χ2n) is 4.33. The maximum atomic E-state index is 11.9. The summed E-state index contributed by atoms with van der Waals surface area (Å²) in [6.07, 6.45) is 0.848. The lowest BCUT2D eigenvalue weighted by molar-refractivity contribution is -0.174. The molecule has 19 heavy (non-hydrogen) atoms. The summed E-state index contributed by atoms with van der Waals surface area (Å²) in [5, 5.41) is 7.25. The Balaban J connectivity index is 2.39. The first kappa shape index (κ1) is 16.0. The fourth-order valence-corrected chi connectivity index (χ4v) is 1.78. The highest BCUT2D eigenvalue weighted by Gasteiger charge is 2.27. The molecule has 1 aromatic heterocycles. The number of nitrogens with one attached hydrogen (secondary N) is 1. The number of hydrogen-bond donors (Lipinski definition) is 1. The first-order valence-electron chi connectivity index (χ1n) is 6.30. The summed E-state index contributed by atoms with van der Waals surface area (Å²) in [6.45, 7) is 1.76. The summed E-state index contributed by atoms with van der Waals surface area (Å²) < 4.78 is 42.2. The molecule has 0 aliphatic heterocycles. The molecule has 0 amide bonds. The molecule has 0 bridgehead atoms. The molecule has 7 heteroatoms. The number of alkyl halides is 3. The molecule has 4 nitrogen and oxygen atoms in total. The predicted molar refractivity (Wildman–Crippen MR) is 65.8 cm³/mol. The summed E-state index contributed by atoms with van der Waals surface area (Å²) in [5.41, 5.74) is 0.964. The van der Waals surface area contributed by atoms with Gasteiger partial charge in [-0.3, -0.25) is 4.68 Å². The third kappa shape index (κ3) is 6.07. The van der Waals surface area contributed by atoms with E-state index in [0.29, 0.717) is 6.42 Å². The van der Waals surface area contributed by atoms with Crippen molar-refractivity contribution in [3.8, 4) is 0 Å². The Hall–Kier alpha value is -1.08. The van der Waals surface area contributed by atoms with Gasteiger partial charge >= 0.3 is 6.18 Å². The Bertz CT molecular complexity index is 365. The van der Waals surface area contributed by atoms with E-state index in [2.05, 4.69) is 22.1 Å². The van der Waals surface area contributed by atoms with Crippen LogP contribution in [0.2, 0.25) is 0 Å². The quantitative estimate of drug-likeness (QED) is 0.743. The van der Waals surface area contributed by atoms with Crippen LogP contribution in [0.4, 0.5) is 13.2 Å². The van der Waals surface area contributed by atoms with Gasteiger partial charge in [0.25, 0.3) is 0 Å². The maximum Gasteiger partial charge on any atom is 0.411 e. The standard InChI is InChI=1S/C12H20F3N3O/c1-3-5-18-8-10(7-17-18)11(16-2)4-6-19-9-12(13,14)15/h7-8,11,16H,3-6,9H2,1-2H3. The maximum absolute atomic E-state index is 11.9. The highest BCUT2D eigenvalue weighted by atomic mass is 19.4. The Kier molecular flexibility index (Phi) is 6.30. The number of halogens is 3. The monoisotopic (exact) mass is 279 g/mol. The molecule has 0 spiro atoms. The van der Waals surface area contributed by atoms with Gasteiger partial charge in [0.2, 0.25) is 0 Å². The zero-order valence-corrected chi connectivity index (χ0v) is 11.2. The van der Waals surface area contributed by atoms with E-state index in [1.54, 1.807) is 13.2 Å². The van der Waals surface area contributed by atoms with Crippen LogP contribution in [0.15, 0.2) is 12.4 Å². The summed E-state index contributed by atoms with van der Waals surface area (Å²) in [4.78, 5) is 0. The van der Waals surface area contributed by atoms with Crippen molar-refractivity contribution in [3.63, 3.8) is 0 Å². The van der Waals surface area contributed by atoms with Crippen LogP contribution in [0.1, 0.15) is 31.4 Å². The number of nitrogens with zero attached hydrogens (tertiary/aromatic N) is 2. The van der Waals surface area contributed by atoms with Crippen LogP contribution in [-0.2, 0) is 11.3 Å². The molecular weight excluding hydrogens is 259 g/mol. The number of rotatable bonds is 8. The van der Waals surface area contributed by atoms with Crippen LogP contribution in [0.25, 0.3) is 0 Å². The van der Waals surface area contributed by atoms with Gasteiger partial charge in [0.15, 0.2) is 0 Å². The number of aryl methyl sites for hydroxylation is 1. The van der Waals surface area contributed by atoms with E-state index in [1.807, 2.05) is 10.9 Å². The van der Waals surface area contributed by atoms with E-state index in [1.165, 1.54) is 0 Å². The van der Waals surface area contributed by atoms with Crippen molar-refractivity contribution in [2.75, 3.05) is 20.3 Å². The van der Waals surface area contributed by atoms with E-state index < -0.39 is 12.8 Å². The highest BCUT2D eigenvalue weighted by molar-refractivity contribution is 5.10. The molecular formula is C12H20F3N3O. The van der Waals surface area contributed by atoms with Gasteiger partial charge in [0, 0.05) is 31.0 Å². The topological polar surface area (TPSA) is 39.1 Å². The molecule has 1 atom stereocenters. The molecule has 0 radical (unpaired) electrons. The van der Waals surface area contributed by atoms with Crippen molar-refractivity contribution in [3.05, 3.63) is 18.0 Å². The number of aromatic nitrogens is 2. The minimum absolute atomic E-state index is 0.0427. The van der Waals surface area contributed by atoms with Gasteiger partial charge in [-0.05, 0) is 19.9 Å². The molecule has 110 valence electrons. The third-order valence-electron chi connectivity index (χ3n) is 2.67. The summed E-state index contributed by atoms with van der Waals surface area (Å²) >= 11 is 0. The third-order valence-corrected chi connectivity index (χ3v) is 2.67. The van der Waals surface area contributed by atoms with E-state index in [-0.39, 0.29) is 12.6 Å². The van der Waals surface area contributed by atoms with Gasteiger partial charge < -0.3 is 10.1 Å². The summed E-state index contributed by atoms with van der Waals surface area (Å²) in [7, 11) is 1.77. The van der Waals surface area contributed by atoms with E-state index in [9.17, 15) is 13.2 Å². The molecule has 0 aliphatic carbocycles. The number of hydrogen-bond acceptors (Lipinski definition) is 3. The van der Waals surface area contributed by atoms with Crippen LogP contribution < -0.4 is 5.32 Å². The van der Waals surface area contributed by atoms with Crippen LogP contribution in [0, 0.1) is 0 Å². The Labute approximate surface area is 110 Å². The van der Waals surface area contributed by atoms with E-state index in [0.717, 1.165) is 18.5 Å². The van der Waals surface area contributed by atoms with Crippen molar-refractivity contribution < 1.29 is 17.9 Å². The van der Waals surface area contributed by atoms with E-state index >= 15 is 0 Å². The molecule has 0 aromatic carbocycles. The van der Waals surface area contributed by atoms with E-state index in [4.69, 9.17) is 0 Å². The highest BCUT2D eigenvalue weighted by Crippen LogP contribution is 2.18. The fraction of sp³-hybridized carbons (Fsp3) is 0.750. The Morgan fingerprint density at radius 3 is 2.79 bits per heavy atom. The zero-order valence-electron chi connectivity index (χ0n) is 11.2. The average molecular weight is 279 g/mol. The first-order chi connectivity index (χ1) is 8.96. The lowest BCUT2D eigenvalue weighted by Gasteiger charge is -2.15. The van der Waals surface area contributed by atoms with Crippen LogP contribution in [0.3, 0.4) is 0 Å². The minimum Gasteiger partial charge on any atom is -0.372 e. The average Bonchev–Trinajstić information content (AvgIpc) is 2.77. The molecule has 1 rings (SSSR count). The lowest BCUT2D eigenvalue weighted by atomic mass is 10.1. The van der Waals surface area contributed by atoms with Crippen LogP contribution in [0.5, 0.6) is 0 Å². The molecule has 0 saturated heterocycles. The largest absolute Gasteiger partial charge is 0.411 e. The van der Waals surface area contributed by atoms with Gasteiger partial charge in [-0.25, -0.2) is 0 Å². The van der Waals surface area contributed by atoms with Crippen molar-refractivity contribution in [1.82, 2.24) is 15.1 Å². The SMILES string of the molecule is CCCn1cc(C(CCOCC(F)(F)F)NC)cn1. The van der Waals surface area contributed by atoms with Crippen LogP contribution in [-0.4, -0.2) is 36.2 Å². The molecule has 0 aliphatic rings. The van der Waals surface area contributed by atoms with Gasteiger partial charge in [0.1, 0.15) is 6.61 Å². The fourth-order valence-electron chi connectivity index (χ4n) is 1.78. The molecule has 1 unspecified atom stereocenters. The van der Waals surface area contributed by atoms with Gasteiger partial charge in [-0.15, -0.1) is 0 Å². The second kappa shape index (κ2) is 7.49. The van der Waals surface area contributed by atoms with Crippen molar-refractivity contribution in [2.24, 2.45) is 0 Å². The summed E-state index contributed by atoms with van der Waals surface area (Å²) in [5.74, 6) is 0. The second-order valence-corrected chi connectivity index (χ2v) is 4.33. The van der Waals surface area contributed by atoms with Gasteiger partial charge in [0.05, 0.1) is 6.20 Å². The molecule has 0 fully saturated rings. The van der Waals surface area contributed by atoms with Crippen LogP contribution >= 0.6 is 0 Å². The Morgan fingerprint density at radius 1 is 1.47 bits per heavy atom. The predicted octanol–water partition coefficient (Wildman–Crippen LogP) is 2.52. The molecule has 0 saturated carbocycles. The lowest BCUT2D eigenvalue weighted by Crippen LogP contribution is -2.21. The first-order valence-corrected chi connectivity index (χ1v) is 6.30. The molecule has 1 N–H and O–H groups in total. The number of ether oxygens (including phenoxy) is 1.